The molecule has 1 N–H and O–H groups in total. The second-order valence-corrected chi connectivity index (χ2v) is 4.57. The number of carboxylic acid groups (broad SMARTS) is 1. The summed E-state index contributed by atoms with van der Waals surface area (Å²) in [7, 11) is 0. The highest BCUT2D eigenvalue weighted by atomic mass is 16.4. The third-order valence-electron chi connectivity index (χ3n) is 3.36. The summed E-state index contributed by atoms with van der Waals surface area (Å²) in [5.74, 6) is -1.04. The van der Waals surface area contributed by atoms with E-state index < -0.39 is 5.97 Å². The van der Waals surface area contributed by atoms with Gasteiger partial charge in [0.2, 0.25) is 0 Å². The Morgan fingerprint density at radius 2 is 2.06 bits per heavy atom. The summed E-state index contributed by atoms with van der Waals surface area (Å²) in [6.07, 6.45) is 3.84. The van der Waals surface area contributed by atoms with Gasteiger partial charge in [-0.2, -0.15) is 4.98 Å². The molecule has 0 radical (unpaired) electrons. The zero-order chi connectivity index (χ0) is 11.8. The number of oxazole rings is 1. The first-order valence-corrected chi connectivity index (χ1v) is 5.92. The van der Waals surface area contributed by atoms with E-state index in [1.54, 1.807) is 0 Å². The van der Waals surface area contributed by atoms with Crippen LogP contribution in [0.15, 0.2) is 10.7 Å². The van der Waals surface area contributed by atoms with Crippen LogP contribution >= 0.6 is 0 Å². The molecule has 0 aromatic carbocycles. The van der Waals surface area contributed by atoms with Gasteiger partial charge in [0.05, 0.1) is 0 Å². The molecule has 0 unspecified atom stereocenters. The van der Waals surface area contributed by atoms with Crippen molar-refractivity contribution < 1.29 is 14.3 Å². The highest BCUT2D eigenvalue weighted by Crippen LogP contribution is 2.28. The summed E-state index contributed by atoms with van der Waals surface area (Å²) in [5.41, 5.74) is -0.0235. The Morgan fingerprint density at radius 3 is 2.59 bits per heavy atom. The number of anilines is 1. The number of aromatic carboxylic acids is 1. The monoisotopic (exact) mass is 237 g/mol. The van der Waals surface area contributed by atoms with Crippen LogP contribution in [0.5, 0.6) is 0 Å². The Bertz CT molecular complexity index is 419. The molecule has 0 amide bonds. The van der Waals surface area contributed by atoms with Crippen LogP contribution in [0.2, 0.25) is 0 Å². The van der Waals surface area contributed by atoms with E-state index in [4.69, 9.17) is 9.52 Å². The molecular weight excluding hydrogens is 222 g/mol. The molecule has 6 heteroatoms. The number of carboxylic acids is 1. The molecule has 1 saturated carbocycles. The van der Waals surface area contributed by atoms with Crippen molar-refractivity contribution in [3.8, 4) is 0 Å². The van der Waals surface area contributed by atoms with Crippen molar-refractivity contribution in [3.05, 3.63) is 12.0 Å². The van der Waals surface area contributed by atoms with Crippen molar-refractivity contribution in [2.24, 2.45) is 0 Å². The van der Waals surface area contributed by atoms with Crippen molar-refractivity contribution in [1.29, 1.82) is 0 Å². The molecule has 17 heavy (non-hydrogen) atoms. The fraction of sp³-hybridized carbons (Fsp3) is 0.636. The molecule has 1 aromatic heterocycles. The SMILES string of the molecule is O=C(O)c1coc(N2CCN(C3CC3)CC2)n1. The lowest BCUT2D eigenvalue weighted by Gasteiger charge is -2.33. The number of carbonyl (C=O) groups is 1. The Hall–Kier alpha value is -1.56. The van der Waals surface area contributed by atoms with Gasteiger partial charge < -0.3 is 14.4 Å². The van der Waals surface area contributed by atoms with Crippen molar-refractivity contribution in [2.45, 2.75) is 18.9 Å². The number of rotatable bonds is 3. The van der Waals surface area contributed by atoms with Crippen LogP contribution in [0.3, 0.4) is 0 Å². The molecule has 2 fully saturated rings. The Morgan fingerprint density at radius 1 is 1.35 bits per heavy atom. The lowest BCUT2D eigenvalue weighted by atomic mass is 10.3. The highest BCUT2D eigenvalue weighted by Gasteiger charge is 2.32. The molecule has 1 saturated heterocycles. The van der Waals surface area contributed by atoms with Crippen molar-refractivity contribution in [3.63, 3.8) is 0 Å². The minimum Gasteiger partial charge on any atom is -0.476 e. The molecule has 0 spiro atoms. The molecule has 2 heterocycles. The molecule has 1 aliphatic heterocycles. The molecule has 3 rings (SSSR count). The third-order valence-corrected chi connectivity index (χ3v) is 3.36. The van der Waals surface area contributed by atoms with Crippen LogP contribution in [0.4, 0.5) is 6.01 Å². The van der Waals surface area contributed by atoms with Gasteiger partial charge in [-0.1, -0.05) is 0 Å². The summed E-state index contributed by atoms with van der Waals surface area (Å²) >= 11 is 0. The predicted molar refractivity (Wildman–Crippen MR) is 60.3 cm³/mol. The molecule has 2 aliphatic rings. The van der Waals surface area contributed by atoms with E-state index in [-0.39, 0.29) is 5.69 Å². The smallest absolute Gasteiger partial charge is 0.357 e. The molecule has 0 atom stereocenters. The van der Waals surface area contributed by atoms with E-state index in [1.165, 1.54) is 19.1 Å². The second-order valence-electron chi connectivity index (χ2n) is 4.57. The van der Waals surface area contributed by atoms with Gasteiger partial charge in [-0.25, -0.2) is 4.79 Å². The molecular formula is C11H15N3O3. The van der Waals surface area contributed by atoms with Gasteiger partial charge in [-0.15, -0.1) is 0 Å². The Balaban J connectivity index is 1.62. The molecule has 6 nitrogen and oxygen atoms in total. The van der Waals surface area contributed by atoms with Crippen LogP contribution in [-0.2, 0) is 0 Å². The molecule has 1 aromatic rings. The Labute approximate surface area is 98.8 Å². The zero-order valence-corrected chi connectivity index (χ0v) is 9.50. The number of hydrogen-bond acceptors (Lipinski definition) is 5. The van der Waals surface area contributed by atoms with E-state index in [1.807, 2.05) is 4.90 Å². The number of piperazine rings is 1. The lowest BCUT2D eigenvalue weighted by molar-refractivity contribution is 0.0690. The molecule has 92 valence electrons. The first kappa shape index (κ1) is 10.6. The van der Waals surface area contributed by atoms with Crippen molar-refractivity contribution in [2.75, 3.05) is 31.1 Å². The highest BCUT2D eigenvalue weighted by molar-refractivity contribution is 5.85. The van der Waals surface area contributed by atoms with Crippen LogP contribution in [0.25, 0.3) is 0 Å². The zero-order valence-electron chi connectivity index (χ0n) is 9.50. The average molecular weight is 237 g/mol. The van der Waals surface area contributed by atoms with Gasteiger partial charge >= 0.3 is 5.97 Å². The standard InChI is InChI=1S/C11H15N3O3/c15-10(16)9-7-17-11(12-9)14-5-3-13(4-6-14)8-1-2-8/h7-8H,1-6H2,(H,15,16). The van der Waals surface area contributed by atoms with E-state index in [2.05, 4.69) is 9.88 Å². The normalized spacial score (nSPS) is 21.8. The summed E-state index contributed by atoms with van der Waals surface area (Å²) < 4.78 is 5.19. The lowest BCUT2D eigenvalue weighted by Crippen LogP contribution is -2.47. The van der Waals surface area contributed by atoms with Crippen LogP contribution in [-0.4, -0.2) is 53.2 Å². The maximum absolute atomic E-state index is 10.7. The number of aromatic nitrogens is 1. The van der Waals surface area contributed by atoms with E-state index in [9.17, 15) is 4.79 Å². The van der Waals surface area contributed by atoms with Crippen LogP contribution in [0, 0.1) is 0 Å². The maximum atomic E-state index is 10.7. The van der Waals surface area contributed by atoms with Gasteiger partial charge in [-0.3, -0.25) is 4.90 Å². The van der Waals surface area contributed by atoms with Crippen LogP contribution in [0.1, 0.15) is 23.3 Å². The number of nitrogens with zero attached hydrogens (tertiary/aromatic N) is 3. The topological polar surface area (TPSA) is 69.8 Å². The quantitative estimate of drug-likeness (QED) is 0.832. The van der Waals surface area contributed by atoms with Crippen LogP contribution < -0.4 is 4.90 Å². The van der Waals surface area contributed by atoms with E-state index in [0.717, 1.165) is 32.2 Å². The van der Waals surface area contributed by atoms with Crippen molar-refractivity contribution in [1.82, 2.24) is 9.88 Å². The molecule has 0 bridgehead atoms. The summed E-state index contributed by atoms with van der Waals surface area (Å²) in [5, 5.41) is 8.77. The average Bonchev–Trinajstić information content (AvgIpc) is 3.06. The third kappa shape index (κ3) is 2.12. The van der Waals surface area contributed by atoms with Gasteiger partial charge in [0.25, 0.3) is 6.01 Å². The maximum Gasteiger partial charge on any atom is 0.357 e. The van der Waals surface area contributed by atoms with E-state index >= 15 is 0 Å². The van der Waals surface area contributed by atoms with Gasteiger partial charge in [0, 0.05) is 32.2 Å². The summed E-state index contributed by atoms with van der Waals surface area (Å²) in [4.78, 5) is 19.1. The Kier molecular flexibility index (Phi) is 2.51. The van der Waals surface area contributed by atoms with Crippen molar-refractivity contribution >= 4 is 12.0 Å². The minimum absolute atomic E-state index is 0.0235. The predicted octanol–water partition coefficient (Wildman–Crippen LogP) is 0.657. The first-order chi connectivity index (χ1) is 8.24. The summed E-state index contributed by atoms with van der Waals surface area (Å²) in [6.45, 7) is 3.73. The van der Waals surface area contributed by atoms with Gasteiger partial charge in [0.15, 0.2) is 5.69 Å². The number of hydrogen-bond donors (Lipinski definition) is 1. The first-order valence-electron chi connectivity index (χ1n) is 5.92. The largest absolute Gasteiger partial charge is 0.476 e. The van der Waals surface area contributed by atoms with Gasteiger partial charge in [0.1, 0.15) is 6.26 Å². The van der Waals surface area contributed by atoms with Gasteiger partial charge in [-0.05, 0) is 12.8 Å². The fourth-order valence-corrected chi connectivity index (χ4v) is 2.23. The minimum atomic E-state index is -1.04. The van der Waals surface area contributed by atoms with E-state index in [0.29, 0.717) is 6.01 Å². The fourth-order valence-electron chi connectivity index (χ4n) is 2.23. The molecule has 1 aliphatic carbocycles. The summed E-state index contributed by atoms with van der Waals surface area (Å²) in [6, 6.07) is 1.22. The second kappa shape index (κ2) is 4.03.